The Labute approximate surface area is 138 Å². The fourth-order valence-corrected chi connectivity index (χ4v) is 2.00. The van der Waals surface area contributed by atoms with E-state index in [9.17, 15) is 14.4 Å². The second-order valence-electron chi connectivity index (χ2n) is 4.68. The third-order valence-electron chi connectivity index (χ3n) is 3.05. The Kier molecular flexibility index (Phi) is 5.88. The van der Waals surface area contributed by atoms with Gasteiger partial charge in [-0.3, -0.25) is 9.59 Å². The van der Waals surface area contributed by atoms with E-state index < -0.39 is 18.5 Å². The largest absolute Gasteiger partial charge is 0.452 e. The van der Waals surface area contributed by atoms with Crippen molar-refractivity contribution in [3.63, 3.8) is 0 Å². The van der Waals surface area contributed by atoms with Crippen LogP contribution in [-0.2, 0) is 16.1 Å². The normalized spacial score (nSPS) is 9.96. The Morgan fingerprint density at radius 3 is 2.43 bits per heavy atom. The average Bonchev–Trinajstić information content (AvgIpc) is 2.59. The number of ether oxygens (including phenoxy) is 1. The van der Waals surface area contributed by atoms with Crippen molar-refractivity contribution >= 4 is 29.8 Å². The molecular formula is C17H14ClNO4. The maximum atomic E-state index is 11.8. The smallest absolute Gasteiger partial charge is 0.338 e. The minimum absolute atomic E-state index is 0.254. The molecule has 0 aliphatic rings. The van der Waals surface area contributed by atoms with E-state index in [1.54, 1.807) is 18.2 Å². The van der Waals surface area contributed by atoms with E-state index in [0.29, 0.717) is 16.9 Å². The molecular weight excluding hydrogens is 318 g/mol. The lowest BCUT2D eigenvalue weighted by atomic mass is 10.1. The summed E-state index contributed by atoms with van der Waals surface area (Å²) < 4.78 is 4.91. The molecule has 0 saturated carbocycles. The first-order valence-corrected chi connectivity index (χ1v) is 7.20. The van der Waals surface area contributed by atoms with Crippen molar-refractivity contribution in [3.05, 3.63) is 70.2 Å². The zero-order chi connectivity index (χ0) is 16.7. The first-order chi connectivity index (χ1) is 11.1. The molecule has 0 saturated heterocycles. The van der Waals surface area contributed by atoms with Crippen molar-refractivity contribution < 1.29 is 19.1 Å². The third-order valence-corrected chi connectivity index (χ3v) is 3.42. The number of aldehydes is 1. The number of esters is 1. The molecule has 0 aromatic heterocycles. The van der Waals surface area contributed by atoms with E-state index in [-0.39, 0.29) is 12.1 Å². The monoisotopic (exact) mass is 331 g/mol. The number of rotatable bonds is 6. The van der Waals surface area contributed by atoms with Crippen LogP contribution in [-0.4, -0.2) is 24.8 Å². The summed E-state index contributed by atoms with van der Waals surface area (Å²) in [4.78, 5) is 34.0. The van der Waals surface area contributed by atoms with Gasteiger partial charge in [0, 0.05) is 17.1 Å². The van der Waals surface area contributed by atoms with Crippen LogP contribution in [0.2, 0.25) is 5.02 Å². The van der Waals surface area contributed by atoms with Crippen molar-refractivity contribution in [2.75, 3.05) is 6.61 Å². The van der Waals surface area contributed by atoms with Crippen LogP contribution in [0.5, 0.6) is 0 Å². The molecule has 0 spiro atoms. The second-order valence-corrected chi connectivity index (χ2v) is 5.09. The quantitative estimate of drug-likeness (QED) is 0.652. The Balaban J connectivity index is 1.80. The summed E-state index contributed by atoms with van der Waals surface area (Å²) in [5, 5.41) is 3.17. The van der Waals surface area contributed by atoms with Crippen molar-refractivity contribution in [2.24, 2.45) is 0 Å². The zero-order valence-corrected chi connectivity index (χ0v) is 12.9. The maximum absolute atomic E-state index is 11.8. The number of benzene rings is 2. The summed E-state index contributed by atoms with van der Waals surface area (Å²) in [6.45, 7) is -0.136. The van der Waals surface area contributed by atoms with Gasteiger partial charge in [0.15, 0.2) is 6.61 Å². The van der Waals surface area contributed by atoms with Gasteiger partial charge < -0.3 is 10.1 Å². The molecule has 1 amide bonds. The molecule has 0 aliphatic carbocycles. The first-order valence-electron chi connectivity index (χ1n) is 6.82. The van der Waals surface area contributed by atoms with Gasteiger partial charge >= 0.3 is 5.97 Å². The third kappa shape index (κ3) is 4.93. The Bertz CT molecular complexity index is 713. The molecule has 2 aromatic rings. The fraction of sp³-hybridized carbons (Fsp3) is 0.118. The highest BCUT2D eigenvalue weighted by atomic mass is 35.5. The van der Waals surface area contributed by atoms with Crippen LogP contribution < -0.4 is 5.32 Å². The number of nitrogens with one attached hydrogen (secondary N) is 1. The maximum Gasteiger partial charge on any atom is 0.338 e. The van der Waals surface area contributed by atoms with E-state index in [2.05, 4.69) is 5.32 Å². The van der Waals surface area contributed by atoms with Crippen LogP contribution in [0.1, 0.15) is 26.3 Å². The molecule has 23 heavy (non-hydrogen) atoms. The van der Waals surface area contributed by atoms with E-state index in [4.69, 9.17) is 16.3 Å². The Morgan fingerprint density at radius 2 is 1.78 bits per heavy atom. The Morgan fingerprint density at radius 1 is 1.09 bits per heavy atom. The van der Waals surface area contributed by atoms with Gasteiger partial charge in [0.2, 0.25) is 0 Å². The summed E-state index contributed by atoms with van der Waals surface area (Å²) in [5.41, 5.74) is 1.51. The lowest BCUT2D eigenvalue weighted by molar-refractivity contribution is -0.124. The molecule has 118 valence electrons. The number of halogens is 1. The van der Waals surface area contributed by atoms with E-state index in [1.807, 2.05) is 6.07 Å². The number of carbonyl (C=O) groups excluding carboxylic acids is 3. The van der Waals surface area contributed by atoms with Gasteiger partial charge in [0.25, 0.3) is 5.91 Å². The highest BCUT2D eigenvalue weighted by molar-refractivity contribution is 6.31. The number of hydrogen-bond acceptors (Lipinski definition) is 4. The van der Waals surface area contributed by atoms with Gasteiger partial charge in [-0.25, -0.2) is 4.79 Å². The summed E-state index contributed by atoms with van der Waals surface area (Å²) in [6, 6.07) is 13.1. The van der Waals surface area contributed by atoms with Crippen LogP contribution >= 0.6 is 11.6 Å². The summed E-state index contributed by atoms with van der Waals surface area (Å²) >= 11 is 5.98. The van der Waals surface area contributed by atoms with Gasteiger partial charge in [0.05, 0.1) is 5.56 Å². The van der Waals surface area contributed by atoms with Gasteiger partial charge in [-0.15, -0.1) is 0 Å². The lowest BCUT2D eigenvalue weighted by Gasteiger charge is -2.08. The van der Waals surface area contributed by atoms with Crippen molar-refractivity contribution in [1.29, 1.82) is 0 Å². The lowest BCUT2D eigenvalue weighted by Crippen LogP contribution is -2.28. The molecule has 1 N–H and O–H groups in total. The van der Waals surface area contributed by atoms with Crippen LogP contribution in [0.15, 0.2) is 48.5 Å². The van der Waals surface area contributed by atoms with Gasteiger partial charge in [-0.1, -0.05) is 41.9 Å². The van der Waals surface area contributed by atoms with Gasteiger partial charge in [0.1, 0.15) is 6.29 Å². The minimum atomic E-state index is -0.629. The number of hydrogen-bond donors (Lipinski definition) is 1. The van der Waals surface area contributed by atoms with Gasteiger partial charge in [-0.05, 0) is 23.8 Å². The van der Waals surface area contributed by atoms with E-state index in [1.165, 1.54) is 24.3 Å². The van der Waals surface area contributed by atoms with Crippen LogP contribution in [0.25, 0.3) is 0 Å². The van der Waals surface area contributed by atoms with Gasteiger partial charge in [-0.2, -0.15) is 0 Å². The van der Waals surface area contributed by atoms with Crippen molar-refractivity contribution in [1.82, 2.24) is 5.32 Å². The molecule has 0 radical (unpaired) electrons. The molecule has 0 heterocycles. The van der Waals surface area contributed by atoms with Crippen LogP contribution in [0, 0.1) is 0 Å². The highest BCUT2D eigenvalue weighted by Gasteiger charge is 2.10. The standard InChI is InChI=1S/C17H14ClNO4/c18-15-4-2-1-3-14(15)9-19-16(21)11-23-17(22)13-7-5-12(10-20)6-8-13/h1-8,10H,9,11H2,(H,19,21). The predicted molar refractivity (Wildman–Crippen MR) is 85.4 cm³/mol. The first kappa shape index (κ1) is 16.7. The minimum Gasteiger partial charge on any atom is -0.452 e. The number of carbonyl (C=O) groups is 3. The number of amides is 1. The van der Waals surface area contributed by atoms with Crippen molar-refractivity contribution in [2.45, 2.75) is 6.54 Å². The SMILES string of the molecule is O=Cc1ccc(C(=O)OCC(=O)NCc2ccccc2Cl)cc1. The highest BCUT2D eigenvalue weighted by Crippen LogP contribution is 2.14. The second kappa shape index (κ2) is 8.10. The molecule has 0 aliphatic heterocycles. The molecule has 0 atom stereocenters. The average molecular weight is 332 g/mol. The topological polar surface area (TPSA) is 72.5 Å². The molecule has 0 bridgehead atoms. The molecule has 0 fully saturated rings. The molecule has 5 nitrogen and oxygen atoms in total. The molecule has 2 aromatic carbocycles. The van der Waals surface area contributed by atoms with E-state index >= 15 is 0 Å². The summed E-state index contributed by atoms with van der Waals surface area (Å²) in [5.74, 6) is -1.06. The fourth-order valence-electron chi connectivity index (χ4n) is 1.80. The van der Waals surface area contributed by atoms with Crippen LogP contribution in [0.3, 0.4) is 0 Å². The predicted octanol–water partition coefficient (Wildman–Crippen LogP) is 2.63. The molecule has 2 rings (SSSR count). The summed E-state index contributed by atoms with van der Waals surface area (Å²) in [7, 11) is 0. The van der Waals surface area contributed by atoms with Crippen LogP contribution in [0.4, 0.5) is 0 Å². The summed E-state index contributed by atoms with van der Waals surface area (Å²) in [6.07, 6.45) is 0.678. The Hall–Kier alpha value is -2.66. The molecule has 6 heteroatoms. The van der Waals surface area contributed by atoms with Crippen molar-refractivity contribution in [3.8, 4) is 0 Å². The molecule has 0 unspecified atom stereocenters. The van der Waals surface area contributed by atoms with E-state index in [0.717, 1.165) is 5.56 Å². The zero-order valence-electron chi connectivity index (χ0n) is 12.1.